The van der Waals surface area contributed by atoms with E-state index in [1.165, 1.54) is 6.26 Å². The van der Waals surface area contributed by atoms with Crippen molar-refractivity contribution in [3.05, 3.63) is 59.5 Å². The molecule has 2 atom stereocenters. The summed E-state index contributed by atoms with van der Waals surface area (Å²) >= 11 is 0. The molecule has 0 aliphatic rings. The standard InChI is InChI=1S/C17H21NO4/c1-12(9-15(19)16-7-4-8-22-16)18-17(20)14-6-3-5-13(10-14)11-21-2/h3-8,10,12,15,19H,9,11H2,1-2H3,(H,18,20). The number of nitrogens with one attached hydrogen (secondary N) is 1. The fraction of sp³-hybridized carbons (Fsp3) is 0.353. The van der Waals surface area contributed by atoms with Crippen molar-refractivity contribution in [3.63, 3.8) is 0 Å². The molecule has 2 unspecified atom stereocenters. The van der Waals surface area contributed by atoms with Gasteiger partial charge in [-0.25, -0.2) is 0 Å². The molecule has 1 heterocycles. The SMILES string of the molecule is COCc1cccc(C(=O)NC(C)CC(O)c2ccco2)c1. The monoisotopic (exact) mass is 303 g/mol. The van der Waals surface area contributed by atoms with Gasteiger partial charge >= 0.3 is 0 Å². The Balaban J connectivity index is 1.92. The van der Waals surface area contributed by atoms with E-state index < -0.39 is 6.10 Å². The fourth-order valence-electron chi connectivity index (χ4n) is 2.27. The first-order valence-electron chi connectivity index (χ1n) is 7.20. The third-order valence-electron chi connectivity index (χ3n) is 3.33. The Morgan fingerprint density at radius 3 is 2.86 bits per heavy atom. The summed E-state index contributed by atoms with van der Waals surface area (Å²) in [5.41, 5.74) is 1.52. The summed E-state index contributed by atoms with van der Waals surface area (Å²) in [4.78, 5) is 12.2. The molecule has 2 aromatic rings. The number of aliphatic hydroxyl groups excluding tert-OH is 1. The number of methoxy groups -OCH3 is 1. The van der Waals surface area contributed by atoms with E-state index in [1.807, 2.05) is 19.1 Å². The highest BCUT2D eigenvalue weighted by atomic mass is 16.5. The van der Waals surface area contributed by atoms with Crippen LogP contribution in [0.1, 0.15) is 41.1 Å². The molecule has 1 aromatic heterocycles. The average molecular weight is 303 g/mol. The molecule has 5 heteroatoms. The second-order valence-electron chi connectivity index (χ2n) is 5.27. The normalized spacial score (nSPS) is 13.6. The molecular weight excluding hydrogens is 282 g/mol. The predicted molar refractivity (Wildman–Crippen MR) is 82.4 cm³/mol. The molecule has 5 nitrogen and oxygen atoms in total. The van der Waals surface area contributed by atoms with Crippen LogP contribution in [0.4, 0.5) is 0 Å². The molecule has 0 aliphatic carbocycles. The second-order valence-corrected chi connectivity index (χ2v) is 5.27. The lowest BCUT2D eigenvalue weighted by atomic mass is 10.1. The van der Waals surface area contributed by atoms with E-state index in [2.05, 4.69) is 5.32 Å². The van der Waals surface area contributed by atoms with Crippen molar-refractivity contribution in [2.24, 2.45) is 0 Å². The average Bonchev–Trinajstić information content (AvgIpc) is 3.02. The van der Waals surface area contributed by atoms with Gasteiger partial charge in [-0.1, -0.05) is 12.1 Å². The molecule has 2 N–H and O–H groups in total. The first kappa shape index (κ1) is 16.3. The lowest BCUT2D eigenvalue weighted by Gasteiger charge is -2.17. The molecule has 0 spiro atoms. The van der Waals surface area contributed by atoms with Crippen LogP contribution in [0.2, 0.25) is 0 Å². The van der Waals surface area contributed by atoms with Crippen LogP contribution in [0.25, 0.3) is 0 Å². The van der Waals surface area contributed by atoms with Gasteiger partial charge in [-0.3, -0.25) is 4.79 Å². The number of hydrogen-bond donors (Lipinski definition) is 2. The molecule has 0 bridgehead atoms. The van der Waals surface area contributed by atoms with Crippen molar-refractivity contribution < 1.29 is 19.1 Å². The number of carbonyl (C=O) groups is 1. The minimum absolute atomic E-state index is 0.169. The highest BCUT2D eigenvalue weighted by molar-refractivity contribution is 5.94. The highest BCUT2D eigenvalue weighted by Gasteiger charge is 2.17. The van der Waals surface area contributed by atoms with Crippen LogP contribution in [-0.4, -0.2) is 24.2 Å². The number of amides is 1. The van der Waals surface area contributed by atoms with Crippen molar-refractivity contribution in [1.82, 2.24) is 5.32 Å². The van der Waals surface area contributed by atoms with Crippen LogP contribution in [0.3, 0.4) is 0 Å². The summed E-state index contributed by atoms with van der Waals surface area (Å²) in [5.74, 6) is 0.334. The minimum atomic E-state index is -0.731. The number of rotatable bonds is 7. The molecule has 0 radical (unpaired) electrons. The predicted octanol–water partition coefficient (Wildman–Crippen LogP) is 2.67. The van der Waals surface area contributed by atoms with E-state index in [9.17, 15) is 9.90 Å². The quantitative estimate of drug-likeness (QED) is 0.825. The first-order chi connectivity index (χ1) is 10.6. The summed E-state index contributed by atoms with van der Waals surface area (Å²) in [6, 6.07) is 10.5. The van der Waals surface area contributed by atoms with Crippen molar-refractivity contribution in [3.8, 4) is 0 Å². The molecule has 1 aromatic carbocycles. The van der Waals surface area contributed by atoms with Crippen LogP contribution in [-0.2, 0) is 11.3 Å². The van der Waals surface area contributed by atoms with Gasteiger partial charge < -0.3 is 19.6 Å². The lowest BCUT2D eigenvalue weighted by Crippen LogP contribution is -2.33. The van der Waals surface area contributed by atoms with Crippen LogP contribution < -0.4 is 5.32 Å². The van der Waals surface area contributed by atoms with Crippen molar-refractivity contribution in [2.45, 2.75) is 32.1 Å². The van der Waals surface area contributed by atoms with Crippen LogP contribution in [0.15, 0.2) is 47.1 Å². The summed E-state index contributed by atoms with van der Waals surface area (Å²) in [6.45, 7) is 2.32. The number of hydrogen-bond acceptors (Lipinski definition) is 4. The Labute approximate surface area is 129 Å². The van der Waals surface area contributed by atoms with Crippen LogP contribution in [0, 0.1) is 0 Å². The van der Waals surface area contributed by atoms with E-state index in [0.717, 1.165) is 5.56 Å². The van der Waals surface area contributed by atoms with Crippen molar-refractivity contribution >= 4 is 5.91 Å². The van der Waals surface area contributed by atoms with Crippen molar-refractivity contribution in [2.75, 3.05) is 7.11 Å². The molecule has 0 saturated carbocycles. The third kappa shape index (κ3) is 4.44. The summed E-state index contributed by atoms with van der Waals surface area (Å²) in [7, 11) is 1.62. The van der Waals surface area contributed by atoms with Gasteiger partial charge in [-0.2, -0.15) is 0 Å². The molecule has 0 aliphatic heterocycles. The van der Waals surface area contributed by atoms with E-state index in [4.69, 9.17) is 9.15 Å². The minimum Gasteiger partial charge on any atom is -0.467 e. The van der Waals surface area contributed by atoms with Gasteiger partial charge in [0.15, 0.2) is 0 Å². The fourth-order valence-corrected chi connectivity index (χ4v) is 2.27. The molecular formula is C17H21NO4. The molecule has 0 fully saturated rings. The maximum atomic E-state index is 12.2. The molecule has 2 rings (SSSR count). The van der Waals surface area contributed by atoms with Gasteiger partial charge in [0.2, 0.25) is 0 Å². The summed E-state index contributed by atoms with van der Waals surface area (Å²) in [6.07, 6.45) is 1.17. The number of benzene rings is 1. The first-order valence-corrected chi connectivity index (χ1v) is 7.20. The zero-order chi connectivity index (χ0) is 15.9. The molecule has 22 heavy (non-hydrogen) atoms. The Morgan fingerprint density at radius 2 is 2.18 bits per heavy atom. The summed E-state index contributed by atoms with van der Waals surface area (Å²) in [5, 5.41) is 12.9. The smallest absolute Gasteiger partial charge is 0.251 e. The number of ether oxygens (including phenoxy) is 1. The third-order valence-corrected chi connectivity index (χ3v) is 3.33. The Morgan fingerprint density at radius 1 is 1.36 bits per heavy atom. The maximum Gasteiger partial charge on any atom is 0.251 e. The van der Waals surface area contributed by atoms with E-state index >= 15 is 0 Å². The Hall–Kier alpha value is -2.11. The van der Waals surface area contributed by atoms with E-state index in [-0.39, 0.29) is 11.9 Å². The second kappa shape index (κ2) is 7.77. The van der Waals surface area contributed by atoms with Gasteiger partial charge in [0, 0.05) is 25.1 Å². The van der Waals surface area contributed by atoms with Crippen LogP contribution in [0.5, 0.6) is 0 Å². The topological polar surface area (TPSA) is 71.7 Å². The van der Waals surface area contributed by atoms with Crippen LogP contribution >= 0.6 is 0 Å². The maximum absolute atomic E-state index is 12.2. The van der Waals surface area contributed by atoms with Gasteiger partial charge in [0.1, 0.15) is 11.9 Å². The van der Waals surface area contributed by atoms with E-state index in [1.54, 1.807) is 31.4 Å². The zero-order valence-electron chi connectivity index (χ0n) is 12.8. The van der Waals surface area contributed by atoms with Gasteiger partial charge in [0.05, 0.1) is 12.9 Å². The Kier molecular flexibility index (Phi) is 5.75. The number of aliphatic hydroxyl groups is 1. The molecule has 0 saturated heterocycles. The Bertz CT molecular complexity index is 594. The largest absolute Gasteiger partial charge is 0.467 e. The molecule has 118 valence electrons. The van der Waals surface area contributed by atoms with E-state index in [0.29, 0.717) is 24.4 Å². The lowest BCUT2D eigenvalue weighted by molar-refractivity contribution is 0.0903. The number of furan rings is 1. The highest BCUT2D eigenvalue weighted by Crippen LogP contribution is 2.18. The van der Waals surface area contributed by atoms with Gasteiger partial charge in [0.25, 0.3) is 5.91 Å². The van der Waals surface area contributed by atoms with Gasteiger partial charge in [-0.05, 0) is 36.8 Å². The zero-order valence-corrected chi connectivity index (χ0v) is 12.8. The summed E-state index contributed by atoms with van der Waals surface area (Å²) < 4.78 is 10.2. The number of carbonyl (C=O) groups excluding carboxylic acids is 1. The van der Waals surface area contributed by atoms with Gasteiger partial charge in [-0.15, -0.1) is 0 Å². The van der Waals surface area contributed by atoms with Crippen molar-refractivity contribution in [1.29, 1.82) is 0 Å². The molecule has 1 amide bonds.